The molecule has 1 aliphatic rings. The number of nitrogens with one attached hydrogen (secondary N) is 1. The van der Waals surface area contributed by atoms with Crippen molar-refractivity contribution in [3.8, 4) is 5.75 Å². The fraction of sp³-hybridized carbons (Fsp3) is 0.364. The van der Waals surface area contributed by atoms with E-state index in [-0.39, 0.29) is 17.9 Å². The number of rotatable bonds is 7. The van der Waals surface area contributed by atoms with Crippen LogP contribution in [0.1, 0.15) is 42.1 Å². The molecule has 0 aromatic heterocycles. The lowest BCUT2D eigenvalue weighted by atomic mass is 10.1. The van der Waals surface area contributed by atoms with E-state index in [1.165, 1.54) is 0 Å². The van der Waals surface area contributed by atoms with Gasteiger partial charge in [-0.3, -0.25) is 9.59 Å². The van der Waals surface area contributed by atoms with Crippen LogP contribution in [0.3, 0.4) is 0 Å². The van der Waals surface area contributed by atoms with Crippen LogP contribution in [0.25, 0.3) is 0 Å². The first-order chi connectivity index (χ1) is 13.1. The van der Waals surface area contributed by atoms with Crippen molar-refractivity contribution in [2.75, 3.05) is 18.1 Å². The molecule has 1 fully saturated rings. The highest BCUT2D eigenvalue weighted by molar-refractivity contribution is 5.99. The molecule has 0 aliphatic carbocycles. The monoisotopic (exact) mass is 366 g/mol. The second kappa shape index (κ2) is 8.71. The van der Waals surface area contributed by atoms with Crippen molar-refractivity contribution in [1.29, 1.82) is 0 Å². The molecule has 2 aromatic rings. The normalized spacial score (nSPS) is 16.4. The molecule has 1 N–H and O–H groups in total. The van der Waals surface area contributed by atoms with Gasteiger partial charge in [-0.2, -0.15) is 0 Å². The first-order valence-electron chi connectivity index (χ1n) is 9.47. The zero-order chi connectivity index (χ0) is 19.2. The summed E-state index contributed by atoms with van der Waals surface area (Å²) >= 11 is 0. The van der Waals surface area contributed by atoms with Crippen molar-refractivity contribution < 1.29 is 14.3 Å². The van der Waals surface area contributed by atoms with Crippen LogP contribution in [-0.2, 0) is 4.79 Å². The molecule has 0 bridgehead atoms. The molecule has 3 rings (SSSR count). The Bertz CT molecular complexity index is 784. The van der Waals surface area contributed by atoms with E-state index in [9.17, 15) is 9.59 Å². The Morgan fingerprint density at radius 1 is 1.15 bits per heavy atom. The summed E-state index contributed by atoms with van der Waals surface area (Å²) in [7, 11) is 0. The highest BCUT2D eigenvalue weighted by atomic mass is 16.5. The molecule has 5 heteroatoms. The topological polar surface area (TPSA) is 58.6 Å². The minimum Gasteiger partial charge on any atom is -0.494 e. The van der Waals surface area contributed by atoms with Gasteiger partial charge in [-0.1, -0.05) is 31.0 Å². The third kappa shape index (κ3) is 4.88. The smallest absolute Gasteiger partial charge is 0.251 e. The van der Waals surface area contributed by atoms with Crippen LogP contribution in [0.5, 0.6) is 5.75 Å². The van der Waals surface area contributed by atoms with Crippen molar-refractivity contribution in [2.45, 2.75) is 39.2 Å². The van der Waals surface area contributed by atoms with Gasteiger partial charge in [0, 0.05) is 24.2 Å². The Kier molecular flexibility index (Phi) is 6.12. The van der Waals surface area contributed by atoms with Crippen LogP contribution in [0.2, 0.25) is 0 Å². The van der Waals surface area contributed by atoms with E-state index < -0.39 is 0 Å². The van der Waals surface area contributed by atoms with E-state index in [1.807, 2.05) is 43.3 Å². The van der Waals surface area contributed by atoms with Crippen molar-refractivity contribution in [2.24, 2.45) is 0 Å². The lowest BCUT2D eigenvalue weighted by Gasteiger charge is -2.17. The van der Waals surface area contributed by atoms with Crippen molar-refractivity contribution in [3.05, 3.63) is 59.7 Å². The fourth-order valence-electron chi connectivity index (χ4n) is 3.08. The zero-order valence-electron chi connectivity index (χ0n) is 15.9. The van der Waals surface area contributed by atoms with E-state index in [0.717, 1.165) is 29.8 Å². The second-order valence-electron chi connectivity index (χ2n) is 6.94. The van der Waals surface area contributed by atoms with Crippen LogP contribution < -0.4 is 15.0 Å². The molecule has 1 aliphatic heterocycles. The molecule has 1 heterocycles. The van der Waals surface area contributed by atoms with Gasteiger partial charge in [0.15, 0.2) is 0 Å². The summed E-state index contributed by atoms with van der Waals surface area (Å²) in [6.45, 7) is 5.30. The summed E-state index contributed by atoms with van der Waals surface area (Å²) in [4.78, 5) is 26.5. The molecule has 0 spiro atoms. The maximum atomic E-state index is 12.5. The average molecular weight is 366 g/mol. The highest BCUT2D eigenvalue weighted by Crippen LogP contribution is 2.22. The maximum Gasteiger partial charge on any atom is 0.251 e. The van der Waals surface area contributed by atoms with Crippen LogP contribution in [0, 0.1) is 6.92 Å². The number of ether oxygens (including phenoxy) is 1. The number of hydrogen-bond acceptors (Lipinski definition) is 3. The molecular formula is C22H26N2O3. The van der Waals surface area contributed by atoms with Gasteiger partial charge in [0.05, 0.1) is 12.6 Å². The summed E-state index contributed by atoms with van der Waals surface area (Å²) in [5.74, 6) is 0.629. The average Bonchev–Trinajstić information content (AvgIpc) is 3.03. The zero-order valence-corrected chi connectivity index (χ0v) is 15.9. The molecule has 2 aromatic carbocycles. The molecule has 0 radical (unpaired) electrons. The van der Waals surface area contributed by atoms with Gasteiger partial charge in [0.2, 0.25) is 5.91 Å². The number of amides is 2. The third-order valence-electron chi connectivity index (χ3n) is 4.69. The summed E-state index contributed by atoms with van der Waals surface area (Å²) in [5.41, 5.74) is 2.59. The van der Waals surface area contributed by atoms with Crippen molar-refractivity contribution in [1.82, 2.24) is 5.32 Å². The number of benzene rings is 2. The Labute approximate surface area is 160 Å². The van der Waals surface area contributed by atoms with Gasteiger partial charge in [-0.25, -0.2) is 0 Å². The predicted molar refractivity (Wildman–Crippen MR) is 106 cm³/mol. The minimum atomic E-state index is -0.188. The first kappa shape index (κ1) is 19.0. The Balaban J connectivity index is 1.56. The van der Waals surface area contributed by atoms with Gasteiger partial charge in [-0.05, 0) is 49.7 Å². The third-order valence-corrected chi connectivity index (χ3v) is 4.69. The quantitative estimate of drug-likeness (QED) is 0.760. The number of aryl methyl sites for hydroxylation is 1. The minimum absolute atomic E-state index is 0.0313. The molecule has 0 saturated carbocycles. The number of unbranched alkanes of at least 4 members (excludes halogenated alkanes) is 1. The van der Waals surface area contributed by atoms with Crippen LogP contribution in [0.15, 0.2) is 48.5 Å². The molecular weight excluding hydrogens is 340 g/mol. The first-order valence-corrected chi connectivity index (χ1v) is 9.47. The van der Waals surface area contributed by atoms with Gasteiger partial charge >= 0.3 is 0 Å². The van der Waals surface area contributed by atoms with E-state index >= 15 is 0 Å². The van der Waals surface area contributed by atoms with E-state index in [1.54, 1.807) is 17.0 Å². The number of anilines is 1. The van der Waals surface area contributed by atoms with Crippen LogP contribution >= 0.6 is 0 Å². The molecule has 27 heavy (non-hydrogen) atoms. The lowest BCUT2D eigenvalue weighted by Crippen LogP contribution is -2.37. The largest absolute Gasteiger partial charge is 0.494 e. The van der Waals surface area contributed by atoms with Gasteiger partial charge in [0.1, 0.15) is 5.75 Å². The molecule has 5 nitrogen and oxygen atoms in total. The maximum absolute atomic E-state index is 12.5. The summed E-state index contributed by atoms with van der Waals surface area (Å²) in [5, 5.41) is 2.97. The number of hydrogen-bond donors (Lipinski definition) is 1. The van der Waals surface area contributed by atoms with Gasteiger partial charge in [0.25, 0.3) is 5.91 Å². The number of nitrogens with zero attached hydrogens (tertiary/aromatic N) is 1. The molecule has 1 saturated heterocycles. The Morgan fingerprint density at radius 2 is 1.85 bits per heavy atom. The molecule has 1 atom stereocenters. The standard InChI is InChI=1S/C22H26N2O3/c1-3-4-13-27-20-11-7-17(8-12-20)22(26)23-18-14-21(25)24(15-18)19-9-5-16(2)6-10-19/h5-12,18H,3-4,13-15H2,1-2H3,(H,23,26). The van der Waals surface area contributed by atoms with Gasteiger partial charge < -0.3 is 15.0 Å². The predicted octanol–water partition coefficient (Wildman–Crippen LogP) is 3.71. The number of carbonyl (C=O) groups is 2. The lowest BCUT2D eigenvalue weighted by molar-refractivity contribution is -0.117. The SMILES string of the molecule is CCCCOc1ccc(C(=O)NC2CC(=O)N(c3ccc(C)cc3)C2)cc1. The summed E-state index contributed by atoms with van der Waals surface area (Å²) in [6, 6.07) is 14.8. The Morgan fingerprint density at radius 3 is 2.52 bits per heavy atom. The fourth-order valence-corrected chi connectivity index (χ4v) is 3.08. The summed E-state index contributed by atoms with van der Waals surface area (Å²) in [6.07, 6.45) is 2.41. The van der Waals surface area contributed by atoms with E-state index in [2.05, 4.69) is 12.2 Å². The van der Waals surface area contributed by atoms with Gasteiger partial charge in [-0.15, -0.1) is 0 Å². The molecule has 142 valence electrons. The van der Waals surface area contributed by atoms with E-state index in [4.69, 9.17) is 4.74 Å². The summed E-state index contributed by atoms with van der Waals surface area (Å²) < 4.78 is 5.62. The number of carbonyl (C=O) groups excluding carboxylic acids is 2. The molecule has 2 amide bonds. The highest BCUT2D eigenvalue weighted by Gasteiger charge is 2.31. The van der Waals surface area contributed by atoms with Crippen LogP contribution in [-0.4, -0.2) is 31.0 Å². The van der Waals surface area contributed by atoms with E-state index in [0.29, 0.717) is 25.1 Å². The van der Waals surface area contributed by atoms with Crippen LogP contribution in [0.4, 0.5) is 5.69 Å². The molecule has 1 unspecified atom stereocenters. The van der Waals surface area contributed by atoms with Crippen molar-refractivity contribution >= 4 is 17.5 Å². The van der Waals surface area contributed by atoms with Crippen molar-refractivity contribution in [3.63, 3.8) is 0 Å². The second-order valence-corrected chi connectivity index (χ2v) is 6.94. The Hall–Kier alpha value is -2.82.